The summed E-state index contributed by atoms with van der Waals surface area (Å²) in [5, 5.41) is 0. The highest BCUT2D eigenvalue weighted by atomic mass is 79.9. The number of hydrogen-bond donors (Lipinski definition) is 0. The van der Waals surface area contributed by atoms with E-state index in [1.165, 1.54) is 4.90 Å². The van der Waals surface area contributed by atoms with Crippen molar-refractivity contribution >= 4 is 66.9 Å². The van der Waals surface area contributed by atoms with Crippen molar-refractivity contribution in [2.45, 2.75) is 36.3 Å². The number of amides is 3. The second-order valence-corrected chi connectivity index (χ2v) is 12.8. The molecule has 2 saturated carbocycles. The fourth-order valence-corrected chi connectivity index (χ4v) is 8.66. The molecule has 0 N–H and O–H groups in total. The zero-order chi connectivity index (χ0) is 27.6. The quantitative estimate of drug-likeness (QED) is 0.194. The molecule has 2 aliphatic heterocycles. The lowest BCUT2D eigenvalue weighted by atomic mass is 9.81. The van der Waals surface area contributed by atoms with Gasteiger partial charge in [0.2, 0.25) is 17.7 Å². The van der Waals surface area contributed by atoms with Crippen molar-refractivity contribution in [2.75, 3.05) is 23.0 Å². The number of carbonyl (C=O) groups is 4. The van der Waals surface area contributed by atoms with E-state index in [-0.39, 0.29) is 64.0 Å². The van der Waals surface area contributed by atoms with Crippen LogP contribution in [-0.4, -0.2) is 46.5 Å². The molecule has 2 aromatic carbocycles. The second-order valence-electron chi connectivity index (χ2n) is 10.7. The topological polar surface area (TPSA) is 93.2 Å². The Kier molecular flexibility index (Phi) is 6.82. The molecule has 2 heterocycles. The minimum absolute atomic E-state index is 0.0430. The van der Waals surface area contributed by atoms with E-state index in [9.17, 15) is 19.2 Å². The number of hydrogen-bond acceptors (Lipinski definition) is 6. The van der Waals surface area contributed by atoms with Crippen LogP contribution in [0, 0.1) is 36.5 Å². The molecule has 0 aromatic heterocycles. The maximum atomic E-state index is 13.4. The highest BCUT2D eigenvalue weighted by Gasteiger charge is 2.66. The fourth-order valence-electron chi connectivity index (χ4n) is 6.78. The first-order valence-corrected chi connectivity index (χ1v) is 15.0. The van der Waals surface area contributed by atoms with Crippen molar-refractivity contribution in [2.24, 2.45) is 29.6 Å². The Labute approximate surface area is 243 Å². The van der Waals surface area contributed by atoms with Crippen LogP contribution in [-0.2, 0) is 19.2 Å². The lowest BCUT2D eigenvalue weighted by Gasteiger charge is -2.28. The standard InChI is InChI=1S/C29H28Br2N2O6/c1-3-38-21-7-5-4-6-20(21)32-13-15(11-22(32)34)29(37)39-16-8-9-19(14(2)10-16)33-27(35)23-17-12-18(24(23)28(33)36)26(31)25(17)30/h4-10,15,17-18,23-26H,3,11-13H2,1-2H3/t15-,17-,18-,23-,24-,25+,26+/m1/s1. The van der Waals surface area contributed by atoms with Crippen molar-refractivity contribution in [3.8, 4) is 11.5 Å². The molecule has 0 spiro atoms. The summed E-state index contributed by atoms with van der Waals surface area (Å²) in [6.07, 6.45) is 0.917. The summed E-state index contributed by atoms with van der Waals surface area (Å²) in [6, 6.07) is 12.2. The molecule has 4 fully saturated rings. The second kappa shape index (κ2) is 10.0. The van der Waals surface area contributed by atoms with Crippen LogP contribution in [0.4, 0.5) is 11.4 Å². The molecule has 10 heteroatoms. The monoisotopic (exact) mass is 658 g/mol. The van der Waals surface area contributed by atoms with Gasteiger partial charge in [0, 0.05) is 22.6 Å². The predicted octanol–water partition coefficient (Wildman–Crippen LogP) is 4.63. The summed E-state index contributed by atoms with van der Waals surface area (Å²) in [4.78, 5) is 55.8. The molecular formula is C29H28Br2N2O6. The van der Waals surface area contributed by atoms with Gasteiger partial charge in [0.25, 0.3) is 0 Å². The number of carbonyl (C=O) groups excluding carboxylic acids is 4. The largest absolute Gasteiger partial charge is 0.492 e. The molecule has 2 aliphatic carbocycles. The van der Waals surface area contributed by atoms with Gasteiger partial charge < -0.3 is 14.4 Å². The summed E-state index contributed by atoms with van der Waals surface area (Å²) in [7, 11) is 0. The van der Waals surface area contributed by atoms with Crippen LogP contribution in [0.25, 0.3) is 0 Å². The number of rotatable bonds is 6. The highest BCUT2D eigenvalue weighted by molar-refractivity contribution is 9.12. The van der Waals surface area contributed by atoms with Gasteiger partial charge >= 0.3 is 5.97 Å². The van der Waals surface area contributed by atoms with Gasteiger partial charge in [0.1, 0.15) is 11.5 Å². The van der Waals surface area contributed by atoms with Crippen molar-refractivity contribution in [1.29, 1.82) is 0 Å². The molecule has 7 atom stereocenters. The number of anilines is 2. The first-order valence-electron chi connectivity index (χ1n) is 13.2. The molecule has 39 heavy (non-hydrogen) atoms. The molecule has 0 radical (unpaired) electrons. The first kappa shape index (κ1) is 26.5. The van der Waals surface area contributed by atoms with Gasteiger partial charge in [-0.1, -0.05) is 44.0 Å². The number of fused-ring (bicyclic) bond motifs is 5. The number of alkyl halides is 2. The maximum absolute atomic E-state index is 13.4. The Morgan fingerprint density at radius 2 is 1.64 bits per heavy atom. The van der Waals surface area contributed by atoms with Gasteiger partial charge in [0.15, 0.2) is 0 Å². The summed E-state index contributed by atoms with van der Waals surface area (Å²) >= 11 is 7.44. The first-order chi connectivity index (χ1) is 18.7. The average molecular weight is 660 g/mol. The zero-order valence-corrected chi connectivity index (χ0v) is 24.7. The van der Waals surface area contributed by atoms with Gasteiger partial charge in [-0.25, -0.2) is 4.90 Å². The van der Waals surface area contributed by atoms with Crippen molar-refractivity contribution in [3.05, 3.63) is 48.0 Å². The van der Waals surface area contributed by atoms with Gasteiger partial charge in [-0.15, -0.1) is 0 Å². The number of nitrogens with zero attached hydrogens (tertiary/aromatic N) is 2. The molecular weight excluding hydrogens is 632 g/mol. The molecule has 2 saturated heterocycles. The molecule has 3 amide bonds. The lowest BCUT2D eigenvalue weighted by Crippen LogP contribution is -2.37. The summed E-state index contributed by atoms with van der Waals surface area (Å²) < 4.78 is 11.3. The number of ether oxygens (including phenoxy) is 2. The third-order valence-electron chi connectivity index (χ3n) is 8.53. The van der Waals surface area contributed by atoms with Gasteiger partial charge in [0.05, 0.1) is 35.7 Å². The summed E-state index contributed by atoms with van der Waals surface area (Å²) in [6.45, 7) is 4.33. The maximum Gasteiger partial charge on any atom is 0.316 e. The summed E-state index contributed by atoms with van der Waals surface area (Å²) in [5.41, 5.74) is 1.82. The number of benzene rings is 2. The van der Waals surface area contributed by atoms with E-state index in [1.807, 2.05) is 19.1 Å². The Bertz CT molecular complexity index is 1350. The zero-order valence-electron chi connectivity index (χ0n) is 21.5. The smallest absolute Gasteiger partial charge is 0.316 e. The van der Waals surface area contributed by atoms with Gasteiger partial charge in [-0.3, -0.25) is 19.2 Å². The van der Waals surface area contributed by atoms with E-state index in [0.717, 1.165) is 6.42 Å². The Morgan fingerprint density at radius 1 is 0.974 bits per heavy atom. The third kappa shape index (κ3) is 4.22. The van der Waals surface area contributed by atoms with E-state index in [4.69, 9.17) is 9.47 Å². The van der Waals surface area contributed by atoms with Crippen LogP contribution in [0.3, 0.4) is 0 Å². The van der Waals surface area contributed by atoms with Crippen molar-refractivity contribution in [3.63, 3.8) is 0 Å². The molecule has 8 nitrogen and oxygen atoms in total. The normalized spacial score (nSPS) is 31.3. The molecule has 2 aromatic rings. The van der Waals surface area contributed by atoms with Gasteiger partial charge in [-0.2, -0.15) is 0 Å². The van der Waals surface area contributed by atoms with E-state index in [2.05, 4.69) is 31.9 Å². The predicted molar refractivity (Wildman–Crippen MR) is 151 cm³/mol. The van der Waals surface area contributed by atoms with Crippen LogP contribution in [0.15, 0.2) is 42.5 Å². The minimum atomic E-state index is -0.627. The fraction of sp³-hybridized carbons (Fsp3) is 0.448. The highest BCUT2D eigenvalue weighted by Crippen LogP contribution is 2.60. The van der Waals surface area contributed by atoms with E-state index in [1.54, 1.807) is 42.2 Å². The SMILES string of the molecule is CCOc1ccccc1N1C[C@H](C(=O)Oc2ccc(N3C(=O)[C@@H]4[C@H]5C[C@@H]([C@H](Br)[C@H]5Br)[C@H]4C3=O)c(C)c2)CC1=O. The van der Waals surface area contributed by atoms with Crippen LogP contribution in [0.5, 0.6) is 11.5 Å². The molecule has 2 bridgehead atoms. The molecule has 6 rings (SSSR count). The number of aryl methyl sites for hydroxylation is 1. The average Bonchev–Trinajstić information content (AvgIpc) is 3.63. The number of esters is 1. The van der Waals surface area contributed by atoms with E-state index >= 15 is 0 Å². The minimum Gasteiger partial charge on any atom is -0.492 e. The van der Waals surface area contributed by atoms with Crippen LogP contribution in [0.1, 0.15) is 25.3 Å². The van der Waals surface area contributed by atoms with Crippen LogP contribution < -0.4 is 19.3 Å². The van der Waals surface area contributed by atoms with Crippen molar-refractivity contribution < 1.29 is 28.7 Å². The number of para-hydroxylation sites is 2. The Balaban J connectivity index is 1.16. The Morgan fingerprint density at radius 3 is 2.28 bits per heavy atom. The molecule has 4 aliphatic rings. The Hall–Kier alpha value is -2.72. The lowest BCUT2D eigenvalue weighted by molar-refractivity contribution is -0.139. The van der Waals surface area contributed by atoms with Crippen LogP contribution in [0.2, 0.25) is 0 Å². The van der Waals surface area contributed by atoms with Crippen LogP contribution >= 0.6 is 31.9 Å². The van der Waals surface area contributed by atoms with E-state index in [0.29, 0.717) is 35.0 Å². The number of imide groups is 1. The third-order valence-corrected chi connectivity index (χ3v) is 11.7. The molecule has 0 unspecified atom stereocenters. The molecule has 204 valence electrons. The van der Waals surface area contributed by atoms with Crippen molar-refractivity contribution in [1.82, 2.24) is 0 Å². The number of halogens is 2. The van der Waals surface area contributed by atoms with Gasteiger partial charge in [-0.05, 0) is 68.0 Å². The van der Waals surface area contributed by atoms with E-state index < -0.39 is 11.9 Å². The summed E-state index contributed by atoms with van der Waals surface area (Å²) in [5.74, 6) is -1.01.